The summed E-state index contributed by atoms with van der Waals surface area (Å²) in [6.07, 6.45) is 2.67. The first kappa shape index (κ1) is 19.1. The third kappa shape index (κ3) is 2.70. The Morgan fingerprint density at radius 3 is 2.54 bits per heavy atom. The standard InChI is InChI=1S/C16H25NO6S/c1-10(14(19)20)8-13(24(21,22)23-7-6-17)16-5-4-11(9-12(16)18)15(16,2)3/h8,11,13H,4-7,9,17H2,1-3H3,(H,19,20). The molecule has 0 aromatic heterocycles. The van der Waals surface area contributed by atoms with Crippen LogP contribution in [0, 0.1) is 16.7 Å². The smallest absolute Gasteiger partial charge is 0.330 e. The molecule has 0 saturated heterocycles. The van der Waals surface area contributed by atoms with Crippen molar-refractivity contribution in [1.82, 2.24) is 0 Å². The summed E-state index contributed by atoms with van der Waals surface area (Å²) in [7, 11) is -4.18. The van der Waals surface area contributed by atoms with Crippen molar-refractivity contribution in [3.8, 4) is 0 Å². The van der Waals surface area contributed by atoms with Gasteiger partial charge in [0.2, 0.25) is 0 Å². The summed E-state index contributed by atoms with van der Waals surface area (Å²) in [5.74, 6) is -1.23. The molecule has 0 spiro atoms. The van der Waals surface area contributed by atoms with E-state index in [1.165, 1.54) is 13.0 Å². The molecular weight excluding hydrogens is 334 g/mol. The molecule has 2 aliphatic carbocycles. The quantitative estimate of drug-likeness (QED) is 0.515. The van der Waals surface area contributed by atoms with Crippen LogP contribution in [0.3, 0.4) is 0 Å². The van der Waals surface area contributed by atoms with Crippen LogP contribution in [0.4, 0.5) is 0 Å². The fourth-order valence-electron chi connectivity index (χ4n) is 4.39. The van der Waals surface area contributed by atoms with Crippen LogP contribution in [0.1, 0.15) is 40.0 Å². The second-order valence-corrected chi connectivity index (χ2v) is 8.96. The number of nitrogens with two attached hydrogens (primary N) is 1. The maximum absolute atomic E-state index is 12.8. The average Bonchev–Trinajstić information content (AvgIpc) is 2.84. The molecule has 3 N–H and O–H groups in total. The Bertz CT molecular complexity index is 681. The minimum atomic E-state index is -4.18. The number of carbonyl (C=O) groups excluding carboxylic acids is 1. The van der Waals surface area contributed by atoms with E-state index in [9.17, 15) is 18.0 Å². The highest BCUT2D eigenvalue weighted by molar-refractivity contribution is 7.87. The highest BCUT2D eigenvalue weighted by Crippen LogP contribution is 2.66. The van der Waals surface area contributed by atoms with Crippen LogP contribution in [0.2, 0.25) is 0 Å². The van der Waals surface area contributed by atoms with Crippen molar-refractivity contribution < 1.29 is 27.3 Å². The molecule has 24 heavy (non-hydrogen) atoms. The lowest BCUT2D eigenvalue weighted by atomic mass is 9.66. The van der Waals surface area contributed by atoms with Gasteiger partial charge < -0.3 is 10.8 Å². The van der Waals surface area contributed by atoms with Crippen LogP contribution < -0.4 is 5.73 Å². The van der Waals surface area contributed by atoms with Gasteiger partial charge in [0.05, 0.1) is 12.0 Å². The molecule has 2 rings (SSSR count). The largest absolute Gasteiger partial charge is 0.478 e. The zero-order chi connectivity index (χ0) is 18.3. The fourth-order valence-corrected chi connectivity index (χ4v) is 6.28. The number of carbonyl (C=O) groups is 2. The first-order valence-corrected chi connectivity index (χ1v) is 9.51. The summed E-state index contributed by atoms with van der Waals surface area (Å²) in [5.41, 5.74) is 3.52. The van der Waals surface area contributed by atoms with Gasteiger partial charge in [0.15, 0.2) is 0 Å². The Labute approximate surface area is 142 Å². The lowest BCUT2D eigenvalue weighted by molar-refractivity contribution is -0.133. The molecule has 136 valence electrons. The van der Waals surface area contributed by atoms with Crippen molar-refractivity contribution in [2.45, 2.75) is 45.3 Å². The predicted molar refractivity (Wildman–Crippen MR) is 87.7 cm³/mol. The molecule has 2 fully saturated rings. The molecule has 0 aliphatic heterocycles. The zero-order valence-corrected chi connectivity index (χ0v) is 15.1. The van der Waals surface area contributed by atoms with E-state index in [-0.39, 0.29) is 30.4 Å². The summed E-state index contributed by atoms with van der Waals surface area (Å²) in [6, 6.07) is 0. The second kappa shape index (κ2) is 6.24. The lowest BCUT2D eigenvalue weighted by Gasteiger charge is -2.41. The van der Waals surface area contributed by atoms with Crippen LogP contribution in [-0.2, 0) is 23.9 Å². The number of hydrogen-bond acceptors (Lipinski definition) is 6. The Balaban J connectivity index is 2.61. The Morgan fingerprint density at radius 2 is 2.12 bits per heavy atom. The molecule has 7 nitrogen and oxygen atoms in total. The van der Waals surface area contributed by atoms with Crippen molar-refractivity contribution in [2.24, 2.45) is 22.5 Å². The van der Waals surface area contributed by atoms with Crippen molar-refractivity contribution in [3.05, 3.63) is 11.6 Å². The molecule has 0 aromatic carbocycles. The molecule has 3 atom stereocenters. The van der Waals surface area contributed by atoms with E-state index in [1.807, 2.05) is 13.8 Å². The van der Waals surface area contributed by atoms with Gasteiger partial charge >= 0.3 is 5.97 Å². The van der Waals surface area contributed by atoms with Gasteiger partial charge in [-0.25, -0.2) is 4.79 Å². The first-order valence-electron chi connectivity index (χ1n) is 8.04. The van der Waals surface area contributed by atoms with Crippen LogP contribution in [-0.4, -0.2) is 43.7 Å². The molecule has 0 amide bonds. The van der Waals surface area contributed by atoms with Gasteiger partial charge in [-0.1, -0.05) is 19.9 Å². The predicted octanol–water partition coefficient (Wildman–Crippen LogP) is 1.09. The number of Topliss-reactive ketones (excluding diaryl/α,β-unsaturated/α-hetero) is 1. The van der Waals surface area contributed by atoms with Crippen molar-refractivity contribution in [1.29, 1.82) is 0 Å². The zero-order valence-electron chi connectivity index (χ0n) is 14.2. The van der Waals surface area contributed by atoms with Crippen molar-refractivity contribution >= 4 is 21.9 Å². The SMILES string of the molecule is CC(=CC(C12CCC(CC1=O)C2(C)C)S(=O)(=O)OCCN)C(=O)O. The molecule has 0 heterocycles. The normalized spacial score (nSPS) is 30.6. The van der Waals surface area contributed by atoms with Gasteiger partial charge in [-0.15, -0.1) is 0 Å². The Morgan fingerprint density at radius 1 is 1.50 bits per heavy atom. The highest BCUT2D eigenvalue weighted by atomic mass is 32.2. The maximum Gasteiger partial charge on any atom is 0.330 e. The van der Waals surface area contributed by atoms with Gasteiger partial charge in [-0.05, 0) is 31.1 Å². The molecule has 0 radical (unpaired) electrons. The molecule has 2 bridgehead atoms. The van der Waals surface area contributed by atoms with Crippen molar-refractivity contribution in [3.63, 3.8) is 0 Å². The van der Waals surface area contributed by atoms with E-state index < -0.39 is 32.2 Å². The number of hydrogen-bond donors (Lipinski definition) is 2. The molecule has 2 saturated carbocycles. The van der Waals surface area contributed by atoms with Gasteiger partial charge in [0.1, 0.15) is 11.0 Å². The lowest BCUT2D eigenvalue weighted by Crippen LogP contribution is -2.50. The van der Waals surface area contributed by atoms with Crippen LogP contribution in [0.5, 0.6) is 0 Å². The summed E-state index contributed by atoms with van der Waals surface area (Å²) < 4.78 is 30.5. The topological polar surface area (TPSA) is 124 Å². The minimum absolute atomic E-state index is 0.0144. The third-order valence-electron chi connectivity index (χ3n) is 5.89. The third-order valence-corrected chi connectivity index (χ3v) is 7.54. The van der Waals surface area contributed by atoms with Crippen LogP contribution in [0.25, 0.3) is 0 Å². The maximum atomic E-state index is 12.8. The number of rotatable bonds is 7. The average molecular weight is 359 g/mol. The molecule has 2 aliphatic rings. The van der Waals surface area contributed by atoms with Gasteiger partial charge in [0.25, 0.3) is 10.1 Å². The van der Waals surface area contributed by atoms with Gasteiger partial charge in [0, 0.05) is 18.5 Å². The number of aliphatic carboxylic acids is 1. The van der Waals surface area contributed by atoms with E-state index in [1.54, 1.807) is 0 Å². The van der Waals surface area contributed by atoms with E-state index in [0.717, 1.165) is 6.42 Å². The van der Waals surface area contributed by atoms with E-state index in [4.69, 9.17) is 15.0 Å². The van der Waals surface area contributed by atoms with Crippen molar-refractivity contribution in [2.75, 3.05) is 13.2 Å². The molecule has 3 unspecified atom stereocenters. The van der Waals surface area contributed by atoms with E-state index in [0.29, 0.717) is 12.8 Å². The molecular formula is C16H25NO6S. The summed E-state index contributed by atoms with van der Waals surface area (Å²) in [4.78, 5) is 24.0. The number of ketones is 1. The van der Waals surface area contributed by atoms with Crippen LogP contribution in [0.15, 0.2) is 11.6 Å². The first-order chi connectivity index (χ1) is 11.0. The number of carboxylic acids is 1. The highest BCUT2D eigenvalue weighted by Gasteiger charge is 2.69. The summed E-state index contributed by atoms with van der Waals surface area (Å²) >= 11 is 0. The molecule has 0 aromatic rings. The Hall–Kier alpha value is -1.25. The second-order valence-electron chi connectivity index (χ2n) is 7.23. The monoisotopic (exact) mass is 359 g/mol. The summed E-state index contributed by atoms with van der Waals surface area (Å²) in [6.45, 7) is 4.92. The van der Waals surface area contributed by atoms with E-state index >= 15 is 0 Å². The minimum Gasteiger partial charge on any atom is -0.478 e. The van der Waals surface area contributed by atoms with Crippen LogP contribution >= 0.6 is 0 Å². The Kier molecular flexibility index (Phi) is 4.96. The van der Waals surface area contributed by atoms with Gasteiger partial charge in [-0.3, -0.25) is 8.98 Å². The van der Waals surface area contributed by atoms with Gasteiger partial charge in [-0.2, -0.15) is 8.42 Å². The summed E-state index contributed by atoms with van der Waals surface area (Å²) in [5, 5.41) is 7.85. The number of fused-ring (bicyclic) bond motifs is 2. The number of carboxylic acid groups (broad SMARTS) is 1. The molecule has 8 heteroatoms. The fraction of sp³-hybridized carbons (Fsp3) is 0.750. The van der Waals surface area contributed by atoms with E-state index in [2.05, 4.69) is 0 Å².